The van der Waals surface area contributed by atoms with E-state index in [9.17, 15) is 4.79 Å². The van der Waals surface area contributed by atoms with Crippen molar-refractivity contribution >= 4 is 52.2 Å². The Labute approximate surface area is 136 Å². The van der Waals surface area contributed by atoms with Crippen molar-refractivity contribution in [1.82, 2.24) is 0 Å². The minimum absolute atomic E-state index is 0.229. The van der Waals surface area contributed by atoms with Crippen LogP contribution < -0.4 is 4.74 Å². The molecule has 20 heavy (non-hydrogen) atoms. The topological polar surface area (TPSA) is 26.3 Å². The van der Waals surface area contributed by atoms with Crippen LogP contribution in [0.2, 0.25) is 20.1 Å². The molecule has 0 saturated carbocycles. The van der Waals surface area contributed by atoms with E-state index in [1.165, 1.54) is 25.3 Å². The summed E-state index contributed by atoms with van der Waals surface area (Å²) in [7, 11) is 1.47. The first-order chi connectivity index (χ1) is 9.43. The van der Waals surface area contributed by atoms with Crippen LogP contribution in [-0.2, 0) is 0 Å². The predicted molar refractivity (Wildman–Crippen MR) is 82.9 cm³/mol. The van der Waals surface area contributed by atoms with Crippen LogP contribution in [0, 0.1) is 0 Å². The Morgan fingerprint density at radius 1 is 0.900 bits per heavy atom. The molecule has 6 heteroatoms. The lowest BCUT2D eigenvalue weighted by atomic mass is 10.0. The summed E-state index contributed by atoms with van der Waals surface area (Å²) in [5, 5.41) is 1.22. The number of halogens is 4. The number of methoxy groups -OCH3 is 1. The van der Waals surface area contributed by atoms with Crippen molar-refractivity contribution < 1.29 is 9.53 Å². The van der Waals surface area contributed by atoms with Gasteiger partial charge in [-0.2, -0.15) is 0 Å². The summed E-state index contributed by atoms with van der Waals surface area (Å²) in [6.07, 6.45) is 0. The highest BCUT2D eigenvalue weighted by atomic mass is 35.5. The van der Waals surface area contributed by atoms with Crippen LogP contribution in [0.3, 0.4) is 0 Å². The number of ketones is 1. The number of carbonyl (C=O) groups excluding carboxylic acids is 1. The van der Waals surface area contributed by atoms with Gasteiger partial charge < -0.3 is 4.74 Å². The van der Waals surface area contributed by atoms with E-state index in [-0.39, 0.29) is 21.9 Å². The average Bonchev–Trinajstić information content (AvgIpc) is 2.42. The van der Waals surface area contributed by atoms with Crippen LogP contribution in [0.4, 0.5) is 0 Å². The molecule has 0 aliphatic rings. The molecule has 0 radical (unpaired) electrons. The second-order valence-electron chi connectivity index (χ2n) is 3.92. The summed E-state index contributed by atoms with van der Waals surface area (Å²) in [6, 6.07) is 7.57. The highest BCUT2D eigenvalue weighted by Gasteiger charge is 2.18. The third kappa shape index (κ3) is 3.04. The third-order valence-electron chi connectivity index (χ3n) is 2.66. The standard InChI is InChI=1S/C14H8Cl4O2/c1-20-13-6-11(17)9(5-12(13)18)14(19)8-4-7(15)2-3-10(8)16/h2-6H,1H3. The van der Waals surface area contributed by atoms with Gasteiger partial charge in [0.25, 0.3) is 0 Å². The Morgan fingerprint density at radius 2 is 1.55 bits per heavy atom. The van der Waals surface area contributed by atoms with E-state index in [1.54, 1.807) is 12.1 Å². The molecule has 0 atom stereocenters. The van der Waals surface area contributed by atoms with Gasteiger partial charge in [-0.1, -0.05) is 46.4 Å². The zero-order valence-corrected chi connectivity index (χ0v) is 13.2. The van der Waals surface area contributed by atoms with Crippen molar-refractivity contribution in [3.63, 3.8) is 0 Å². The van der Waals surface area contributed by atoms with E-state index in [0.29, 0.717) is 20.8 Å². The Bertz CT molecular complexity index is 683. The summed E-state index contributed by atoms with van der Waals surface area (Å²) in [5.74, 6) is 0.0393. The highest BCUT2D eigenvalue weighted by Crippen LogP contribution is 2.33. The third-order valence-corrected chi connectivity index (χ3v) is 3.83. The molecule has 2 rings (SSSR count). The minimum atomic E-state index is -0.355. The number of carbonyl (C=O) groups is 1. The average molecular weight is 350 g/mol. The molecule has 0 saturated heterocycles. The van der Waals surface area contributed by atoms with Crippen molar-refractivity contribution in [1.29, 1.82) is 0 Å². The lowest BCUT2D eigenvalue weighted by molar-refractivity contribution is 0.103. The van der Waals surface area contributed by atoms with Crippen LogP contribution in [0.1, 0.15) is 15.9 Å². The van der Waals surface area contributed by atoms with E-state index in [2.05, 4.69) is 0 Å². The highest BCUT2D eigenvalue weighted by molar-refractivity contribution is 6.40. The molecule has 0 aliphatic carbocycles. The molecule has 0 bridgehead atoms. The van der Waals surface area contributed by atoms with Crippen LogP contribution in [-0.4, -0.2) is 12.9 Å². The summed E-state index contributed by atoms with van der Waals surface area (Å²) in [4.78, 5) is 12.5. The summed E-state index contributed by atoms with van der Waals surface area (Å²) < 4.78 is 5.03. The van der Waals surface area contributed by atoms with Gasteiger partial charge in [-0.15, -0.1) is 0 Å². The van der Waals surface area contributed by atoms with E-state index in [4.69, 9.17) is 51.1 Å². The second-order valence-corrected chi connectivity index (χ2v) is 5.58. The molecular weight excluding hydrogens is 342 g/mol. The summed E-state index contributed by atoms with van der Waals surface area (Å²) >= 11 is 24.0. The molecule has 104 valence electrons. The van der Waals surface area contributed by atoms with E-state index < -0.39 is 0 Å². The van der Waals surface area contributed by atoms with Crippen molar-refractivity contribution in [2.75, 3.05) is 7.11 Å². The predicted octanol–water partition coefficient (Wildman–Crippen LogP) is 5.54. The quantitative estimate of drug-likeness (QED) is 0.680. The van der Waals surface area contributed by atoms with Gasteiger partial charge in [0.05, 0.1) is 22.2 Å². The minimum Gasteiger partial charge on any atom is -0.495 e. The number of hydrogen-bond acceptors (Lipinski definition) is 2. The fraction of sp³-hybridized carbons (Fsp3) is 0.0714. The Hall–Kier alpha value is -0.930. The van der Waals surface area contributed by atoms with Crippen LogP contribution in [0.15, 0.2) is 30.3 Å². The van der Waals surface area contributed by atoms with Crippen LogP contribution >= 0.6 is 46.4 Å². The number of rotatable bonds is 3. The molecule has 0 heterocycles. The fourth-order valence-corrected chi connectivity index (χ4v) is 2.53. The van der Waals surface area contributed by atoms with Gasteiger partial charge in [-0.05, 0) is 24.3 Å². The number of benzene rings is 2. The first-order valence-electron chi connectivity index (χ1n) is 5.47. The van der Waals surface area contributed by atoms with Crippen molar-refractivity contribution in [2.45, 2.75) is 0 Å². The maximum absolute atomic E-state index is 12.5. The normalized spacial score (nSPS) is 10.4. The zero-order valence-electron chi connectivity index (χ0n) is 10.2. The molecule has 0 N–H and O–H groups in total. The van der Waals surface area contributed by atoms with Crippen molar-refractivity contribution in [2.24, 2.45) is 0 Å². The summed E-state index contributed by atoms with van der Waals surface area (Å²) in [6.45, 7) is 0. The van der Waals surface area contributed by atoms with Gasteiger partial charge in [0, 0.05) is 22.2 Å². The fourth-order valence-electron chi connectivity index (χ4n) is 1.68. The zero-order chi connectivity index (χ0) is 14.9. The molecule has 0 unspecified atom stereocenters. The number of ether oxygens (including phenoxy) is 1. The molecule has 0 spiro atoms. The van der Waals surface area contributed by atoms with E-state index in [1.807, 2.05) is 0 Å². The van der Waals surface area contributed by atoms with Gasteiger partial charge in [0.2, 0.25) is 0 Å². The van der Waals surface area contributed by atoms with Crippen molar-refractivity contribution in [3.05, 3.63) is 61.5 Å². The first kappa shape index (κ1) is 15.5. The van der Waals surface area contributed by atoms with E-state index >= 15 is 0 Å². The largest absolute Gasteiger partial charge is 0.495 e. The summed E-state index contributed by atoms with van der Waals surface area (Å²) in [5.41, 5.74) is 0.504. The smallest absolute Gasteiger partial charge is 0.196 e. The Kier molecular flexibility index (Phi) is 4.82. The molecule has 2 aromatic carbocycles. The van der Waals surface area contributed by atoms with Crippen LogP contribution in [0.5, 0.6) is 5.75 Å². The molecular formula is C14H8Cl4O2. The van der Waals surface area contributed by atoms with Gasteiger partial charge >= 0.3 is 0 Å². The molecule has 0 aromatic heterocycles. The lowest BCUT2D eigenvalue weighted by Crippen LogP contribution is -2.04. The molecule has 0 amide bonds. The molecule has 2 aromatic rings. The SMILES string of the molecule is COc1cc(Cl)c(C(=O)c2cc(Cl)ccc2Cl)cc1Cl. The number of hydrogen-bond donors (Lipinski definition) is 0. The first-order valence-corrected chi connectivity index (χ1v) is 6.98. The lowest BCUT2D eigenvalue weighted by Gasteiger charge is -2.09. The van der Waals surface area contributed by atoms with Crippen LogP contribution in [0.25, 0.3) is 0 Å². The maximum Gasteiger partial charge on any atom is 0.196 e. The van der Waals surface area contributed by atoms with Gasteiger partial charge in [0.15, 0.2) is 5.78 Å². The molecule has 2 nitrogen and oxygen atoms in total. The Morgan fingerprint density at radius 3 is 2.20 bits per heavy atom. The Balaban J connectivity index is 2.54. The second kappa shape index (κ2) is 6.23. The van der Waals surface area contributed by atoms with Crippen molar-refractivity contribution in [3.8, 4) is 5.75 Å². The van der Waals surface area contributed by atoms with E-state index in [0.717, 1.165) is 0 Å². The van der Waals surface area contributed by atoms with Gasteiger partial charge in [-0.3, -0.25) is 4.79 Å². The van der Waals surface area contributed by atoms with Gasteiger partial charge in [-0.25, -0.2) is 0 Å². The molecule has 0 aliphatic heterocycles. The van der Waals surface area contributed by atoms with Gasteiger partial charge in [0.1, 0.15) is 5.75 Å². The molecule has 0 fully saturated rings. The maximum atomic E-state index is 12.5. The monoisotopic (exact) mass is 348 g/mol.